The Labute approximate surface area is 152 Å². The standard InChI is InChI=1S/C20H21FN4O/c1-22-20(23-12-11-15-7-5-6-10-18(15)21)24-13-17-14-26-19(25-17)16-8-3-2-4-9-16/h2-10,14H,11-13H2,1H3,(H2,22,23,24). The van der Waals surface area contributed by atoms with Gasteiger partial charge in [-0.3, -0.25) is 4.99 Å². The van der Waals surface area contributed by atoms with Crippen molar-refractivity contribution in [2.45, 2.75) is 13.0 Å². The summed E-state index contributed by atoms with van der Waals surface area (Å²) in [7, 11) is 1.69. The third kappa shape index (κ3) is 4.69. The molecule has 3 aromatic rings. The molecule has 0 radical (unpaired) electrons. The Hall–Kier alpha value is -3.15. The topological polar surface area (TPSA) is 62.5 Å². The highest BCUT2D eigenvalue weighted by Gasteiger charge is 2.07. The third-order valence-corrected chi connectivity index (χ3v) is 3.88. The van der Waals surface area contributed by atoms with Crippen molar-refractivity contribution in [3.8, 4) is 11.5 Å². The summed E-state index contributed by atoms with van der Waals surface area (Å²) in [5.41, 5.74) is 2.39. The van der Waals surface area contributed by atoms with Crippen LogP contribution in [0.25, 0.3) is 11.5 Å². The van der Waals surface area contributed by atoms with Crippen molar-refractivity contribution in [1.82, 2.24) is 15.6 Å². The summed E-state index contributed by atoms with van der Waals surface area (Å²) in [6.45, 7) is 1.06. The molecule has 134 valence electrons. The van der Waals surface area contributed by atoms with Gasteiger partial charge in [0.25, 0.3) is 0 Å². The largest absolute Gasteiger partial charge is 0.444 e. The molecule has 0 spiro atoms. The number of rotatable bonds is 6. The van der Waals surface area contributed by atoms with Gasteiger partial charge in [-0.1, -0.05) is 36.4 Å². The van der Waals surface area contributed by atoms with Crippen molar-refractivity contribution < 1.29 is 8.81 Å². The monoisotopic (exact) mass is 352 g/mol. The summed E-state index contributed by atoms with van der Waals surface area (Å²) < 4.78 is 19.1. The fourth-order valence-electron chi connectivity index (χ4n) is 2.51. The van der Waals surface area contributed by atoms with Gasteiger partial charge in [-0.15, -0.1) is 0 Å². The summed E-state index contributed by atoms with van der Waals surface area (Å²) in [5.74, 6) is 1.03. The normalized spacial score (nSPS) is 11.4. The smallest absolute Gasteiger partial charge is 0.226 e. The minimum absolute atomic E-state index is 0.187. The number of nitrogens with one attached hydrogen (secondary N) is 2. The first-order valence-corrected chi connectivity index (χ1v) is 8.44. The predicted molar refractivity (Wildman–Crippen MR) is 100 cm³/mol. The van der Waals surface area contributed by atoms with Crippen LogP contribution in [0, 0.1) is 5.82 Å². The van der Waals surface area contributed by atoms with E-state index >= 15 is 0 Å². The fourth-order valence-corrected chi connectivity index (χ4v) is 2.51. The first-order chi connectivity index (χ1) is 12.8. The summed E-state index contributed by atoms with van der Waals surface area (Å²) in [6, 6.07) is 16.5. The molecule has 0 unspecified atom stereocenters. The molecule has 26 heavy (non-hydrogen) atoms. The second kappa shape index (κ2) is 8.80. The van der Waals surface area contributed by atoms with Gasteiger partial charge < -0.3 is 15.1 Å². The van der Waals surface area contributed by atoms with Crippen LogP contribution >= 0.6 is 0 Å². The van der Waals surface area contributed by atoms with Crippen molar-refractivity contribution in [3.05, 3.63) is 77.9 Å². The van der Waals surface area contributed by atoms with Gasteiger partial charge in [0.2, 0.25) is 5.89 Å². The van der Waals surface area contributed by atoms with Gasteiger partial charge in [0.1, 0.15) is 12.1 Å². The maximum atomic E-state index is 13.6. The number of aromatic nitrogens is 1. The molecule has 0 aliphatic rings. The molecule has 0 saturated carbocycles. The second-order valence-electron chi connectivity index (χ2n) is 5.70. The average Bonchev–Trinajstić information content (AvgIpc) is 3.16. The molecule has 5 nitrogen and oxygen atoms in total. The third-order valence-electron chi connectivity index (χ3n) is 3.88. The molecule has 1 aromatic heterocycles. The van der Waals surface area contributed by atoms with Crippen molar-refractivity contribution in [2.75, 3.05) is 13.6 Å². The van der Waals surface area contributed by atoms with Crippen molar-refractivity contribution in [3.63, 3.8) is 0 Å². The molecule has 6 heteroatoms. The van der Waals surface area contributed by atoms with E-state index in [1.807, 2.05) is 36.4 Å². The SMILES string of the molecule is CN=C(NCCc1ccccc1F)NCc1coc(-c2ccccc2)n1. The molecule has 2 N–H and O–H groups in total. The van der Waals surface area contributed by atoms with Gasteiger partial charge in [-0.2, -0.15) is 0 Å². The first-order valence-electron chi connectivity index (χ1n) is 8.44. The number of halogens is 1. The van der Waals surface area contributed by atoms with Crippen LogP contribution in [0.4, 0.5) is 4.39 Å². The van der Waals surface area contributed by atoms with E-state index in [9.17, 15) is 4.39 Å². The Bertz CT molecular complexity index is 861. The molecule has 2 aromatic carbocycles. The number of nitrogens with zero attached hydrogens (tertiary/aromatic N) is 2. The zero-order valence-corrected chi connectivity index (χ0v) is 14.6. The Morgan fingerprint density at radius 2 is 1.85 bits per heavy atom. The molecule has 0 bridgehead atoms. The molecule has 0 saturated heterocycles. The van der Waals surface area contributed by atoms with Crippen LogP contribution in [-0.4, -0.2) is 24.5 Å². The van der Waals surface area contributed by atoms with Gasteiger partial charge in [0.05, 0.1) is 12.2 Å². The van der Waals surface area contributed by atoms with Gasteiger partial charge in [-0.25, -0.2) is 9.37 Å². The molecular formula is C20H21FN4O. The second-order valence-corrected chi connectivity index (χ2v) is 5.70. The Morgan fingerprint density at radius 1 is 1.08 bits per heavy atom. The molecule has 1 heterocycles. The lowest BCUT2D eigenvalue weighted by Crippen LogP contribution is -2.38. The van der Waals surface area contributed by atoms with E-state index in [0.29, 0.717) is 36.9 Å². The zero-order valence-electron chi connectivity index (χ0n) is 14.6. The minimum atomic E-state index is -0.187. The molecule has 0 amide bonds. The van der Waals surface area contributed by atoms with Crippen LogP contribution in [0.3, 0.4) is 0 Å². The summed E-state index contributed by atoms with van der Waals surface area (Å²) in [6.07, 6.45) is 2.21. The van der Waals surface area contributed by atoms with Crippen LogP contribution in [0.5, 0.6) is 0 Å². The van der Waals surface area contributed by atoms with E-state index in [0.717, 1.165) is 11.3 Å². The van der Waals surface area contributed by atoms with E-state index in [1.165, 1.54) is 6.07 Å². The maximum absolute atomic E-state index is 13.6. The lowest BCUT2D eigenvalue weighted by Gasteiger charge is -2.11. The highest BCUT2D eigenvalue weighted by atomic mass is 19.1. The fraction of sp³-hybridized carbons (Fsp3) is 0.200. The van der Waals surface area contributed by atoms with E-state index in [-0.39, 0.29) is 5.82 Å². The van der Waals surface area contributed by atoms with Crippen molar-refractivity contribution in [2.24, 2.45) is 4.99 Å². The first kappa shape index (κ1) is 17.7. The number of hydrogen-bond acceptors (Lipinski definition) is 3. The van der Waals surface area contributed by atoms with Gasteiger partial charge in [-0.05, 0) is 30.2 Å². The average molecular weight is 352 g/mol. The molecule has 0 aliphatic carbocycles. The number of aliphatic imine (C=N–C) groups is 1. The zero-order chi connectivity index (χ0) is 18.2. The van der Waals surface area contributed by atoms with Crippen LogP contribution in [0.1, 0.15) is 11.3 Å². The molecule has 0 aliphatic heterocycles. The maximum Gasteiger partial charge on any atom is 0.226 e. The van der Waals surface area contributed by atoms with E-state index in [2.05, 4.69) is 20.6 Å². The van der Waals surface area contributed by atoms with Gasteiger partial charge in [0, 0.05) is 19.2 Å². The Morgan fingerprint density at radius 3 is 2.62 bits per heavy atom. The van der Waals surface area contributed by atoms with Crippen LogP contribution < -0.4 is 10.6 Å². The summed E-state index contributed by atoms with van der Waals surface area (Å²) >= 11 is 0. The lowest BCUT2D eigenvalue weighted by molar-refractivity contribution is 0.572. The molecule has 0 fully saturated rings. The molecular weight excluding hydrogens is 331 g/mol. The number of oxazole rings is 1. The van der Waals surface area contributed by atoms with Gasteiger partial charge in [0.15, 0.2) is 5.96 Å². The van der Waals surface area contributed by atoms with Crippen molar-refractivity contribution in [1.29, 1.82) is 0 Å². The quantitative estimate of drug-likeness (QED) is 0.527. The van der Waals surface area contributed by atoms with Crippen LogP contribution in [-0.2, 0) is 13.0 Å². The number of hydrogen-bond donors (Lipinski definition) is 2. The highest BCUT2D eigenvalue weighted by Crippen LogP contribution is 2.17. The van der Waals surface area contributed by atoms with Gasteiger partial charge >= 0.3 is 0 Å². The number of benzene rings is 2. The minimum Gasteiger partial charge on any atom is -0.444 e. The van der Waals surface area contributed by atoms with Crippen molar-refractivity contribution >= 4 is 5.96 Å². The summed E-state index contributed by atoms with van der Waals surface area (Å²) in [5, 5.41) is 6.34. The number of guanidine groups is 1. The Kier molecular flexibility index (Phi) is 5.98. The summed E-state index contributed by atoms with van der Waals surface area (Å²) in [4.78, 5) is 8.63. The highest BCUT2D eigenvalue weighted by molar-refractivity contribution is 5.79. The predicted octanol–water partition coefficient (Wildman–Crippen LogP) is 3.39. The lowest BCUT2D eigenvalue weighted by atomic mass is 10.1. The molecule has 0 atom stereocenters. The molecule has 3 rings (SSSR count). The van der Waals surface area contributed by atoms with E-state index in [1.54, 1.807) is 25.4 Å². The van der Waals surface area contributed by atoms with E-state index in [4.69, 9.17) is 4.42 Å². The van der Waals surface area contributed by atoms with Crippen LogP contribution in [0.15, 0.2) is 70.3 Å². The van der Waals surface area contributed by atoms with Crippen LogP contribution in [0.2, 0.25) is 0 Å². The Balaban J connectivity index is 1.49. The van der Waals surface area contributed by atoms with E-state index < -0.39 is 0 Å².